The Balaban J connectivity index is 1.78. The lowest BCUT2D eigenvalue weighted by Crippen LogP contribution is -2.71. The van der Waals surface area contributed by atoms with Gasteiger partial charge in [-0.2, -0.15) is 0 Å². The quantitative estimate of drug-likeness (QED) is 0.231. The van der Waals surface area contributed by atoms with Crippen LogP contribution in [0.25, 0.3) is 0 Å². The minimum absolute atomic E-state index is 0.0764. The number of aliphatic carboxylic acids is 1. The van der Waals surface area contributed by atoms with Crippen molar-refractivity contribution in [3.8, 4) is 0 Å². The summed E-state index contributed by atoms with van der Waals surface area (Å²) in [4.78, 5) is 41.2. The highest BCUT2D eigenvalue weighted by atomic mass is 32.2. The van der Waals surface area contributed by atoms with Gasteiger partial charge in [-0.15, -0.1) is 23.1 Å². The standard InChI is InChI=1S/C14H13N5O5S2/c1-2-5-3-25-12-8(11(21)19(12)9(5)13(22)23)17-10(20)7(18-24)6-4-26-14(15)16-6/h2,4,8,12,24H,1,3H2,(H2,15,16)(H,17,20)(H,22,23)/b18-7-. The van der Waals surface area contributed by atoms with Crippen LogP contribution in [0.2, 0.25) is 0 Å². The van der Waals surface area contributed by atoms with Crippen molar-refractivity contribution in [3.05, 3.63) is 35.0 Å². The van der Waals surface area contributed by atoms with Crippen LogP contribution in [0, 0.1) is 0 Å². The molecule has 1 fully saturated rings. The summed E-state index contributed by atoms with van der Waals surface area (Å²) >= 11 is 2.37. The molecule has 0 saturated carbocycles. The maximum atomic E-state index is 12.4. The van der Waals surface area contributed by atoms with Crippen LogP contribution in [0.15, 0.2) is 34.5 Å². The Morgan fingerprint density at radius 1 is 1.54 bits per heavy atom. The number of carboxylic acids is 1. The molecule has 2 aliphatic rings. The van der Waals surface area contributed by atoms with Gasteiger partial charge in [0.1, 0.15) is 22.8 Å². The van der Waals surface area contributed by atoms with Gasteiger partial charge in [0, 0.05) is 11.1 Å². The van der Waals surface area contributed by atoms with Crippen LogP contribution in [-0.4, -0.2) is 60.9 Å². The van der Waals surface area contributed by atoms with E-state index >= 15 is 0 Å². The molecule has 5 N–H and O–H groups in total. The number of oxime groups is 1. The van der Waals surface area contributed by atoms with E-state index in [1.807, 2.05) is 0 Å². The zero-order valence-electron chi connectivity index (χ0n) is 13.1. The highest BCUT2D eigenvalue weighted by Gasteiger charge is 2.54. The average Bonchev–Trinajstić information content (AvgIpc) is 3.04. The number of β-lactam (4-membered cyclic amide) rings is 1. The van der Waals surface area contributed by atoms with Gasteiger partial charge < -0.3 is 21.4 Å². The van der Waals surface area contributed by atoms with Crippen molar-refractivity contribution in [1.82, 2.24) is 15.2 Å². The van der Waals surface area contributed by atoms with Crippen LogP contribution < -0.4 is 11.1 Å². The largest absolute Gasteiger partial charge is 0.477 e. The molecule has 26 heavy (non-hydrogen) atoms. The summed E-state index contributed by atoms with van der Waals surface area (Å²) in [5.41, 5.74) is 5.49. The third-order valence-corrected chi connectivity index (χ3v) is 5.79. The second-order valence-corrected chi connectivity index (χ2v) is 7.26. The number of aromatic nitrogens is 1. The van der Waals surface area contributed by atoms with Crippen molar-refractivity contribution in [2.24, 2.45) is 5.16 Å². The van der Waals surface area contributed by atoms with Crippen LogP contribution in [-0.2, 0) is 14.4 Å². The van der Waals surface area contributed by atoms with Crippen LogP contribution in [0.4, 0.5) is 5.13 Å². The number of thiazole rings is 1. The smallest absolute Gasteiger partial charge is 0.352 e. The van der Waals surface area contributed by atoms with Gasteiger partial charge in [-0.25, -0.2) is 9.78 Å². The topological polar surface area (TPSA) is 158 Å². The number of allylic oxidation sites excluding steroid dienone is 1. The van der Waals surface area contributed by atoms with E-state index in [2.05, 4.69) is 22.0 Å². The third-order valence-electron chi connectivity index (χ3n) is 3.81. The molecule has 0 radical (unpaired) electrons. The molecule has 2 unspecified atom stereocenters. The van der Waals surface area contributed by atoms with Crippen LogP contribution in [0.3, 0.4) is 0 Å². The Kier molecular flexibility index (Phi) is 4.70. The number of hydrogen-bond acceptors (Lipinski definition) is 9. The van der Waals surface area contributed by atoms with Gasteiger partial charge in [-0.05, 0) is 5.57 Å². The van der Waals surface area contributed by atoms with E-state index in [0.29, 0.717) is 11.3 Å². The number of nitrogens with one attached hydrogen (secondary N) is 1. The van der Waals surface area contributed by atoms with Gasteiger partial charge in [-0.1, -0.05) is 17.8 Å². The van der Waals surface area contributed by atoms with Crippen LogP contribution >= 0.6 is 23.1 Å². The molecule has 2 atom stereocenters. The Hall–Kier alpha value is -2.86. The summed E-state index contributed by atoms with van der Waals surface area (Å²) in [5.74, 6) is -2.27. The summed E-state index contributed by atoms with van der Waals surface area (Å²) in [6.07, 6.45) is 1.40. The second kappa shape index (κ2) is 6.80. The number of fused-ring (bicyclic) bond motifs is 1. The number of anilines is 1. The van der Waals surface area contributed by atoms with Crippen molar-refractivity contribution >= 4 is 51.7 Å². The lowest BCUT2D eigenvalue weighted by atomic mass is 10.0. The second-order valence-electron chi connectivity index (χ2n) is 5.26. The van der Waals surface area contributed by atoms with Crippen LogP contribution in [0.1, 0.15) is 5.69 Å². The number of thioether (sulfide) groups is 1. The number of nitrogens with zero attached hydrogens (tertiary/aromatic N) is 3. The molecule has 1 aromatic heterocycles. The van der Waals surface area contributed by atoms with E-state index in [-0.39, 0.29) is 22.2 Å². The Morgan fingerprint density at radius 3 is 2.81 bits per heavy atom. The number of rotatable bonds is 5. The molecule has 1 aromatic rings. The van der Waals surface area contributed by atoms with Crippen molar-refractivity contribution in [2.45, 2.75) is 11.4 Å². The molecule has 0 aliphatic carbocycles. The van der Waals surface area contributed by atoms with E-state index in [0.717, 1.165) is 16.2 Å². The third kappa shape index (κ3) is 2.82. The van der Waals surface area contributed by atoms with Crippen molar-refractivity contribution in [1.29, 1.82) is 0 Å². The van der Waals surface area contributed by atoms with E-state index in [1.165, 1.54) is 23.2 Å². The molecular weight excluding hydrogens is 382 g/mol. The van der Waals surface area contributed by atoms with E-state index in [1.54, 1.807) is 0 Å². The molecule has 3 rings (SSSR count). The van der Waals surface area contributed by atoms with Gasteiger partial charge in [0.15, 0.2) is 10.8 Å². The molecule has 10 nitrogen and oxygen atoms in total. The number of nitrogen functional groups attached to an aromatic ring is 1. The highest BCUT2D eigenvalue weighted by Crippen LogP contribution is 2.40. The van der Waals surface area contributed by atoms with E-state index < -0.39 is 29.2 Å². The summed E-state index contributed by atoms with van der Waals surface area (Å²) in [7, 11) is 0. The van der Waals surface area contributed by atoms with E-state index in [9.17, 15) is 19.5 Å². The number of carbonyl (C=O) groups excluding carboxylic acids is 2. The van der Waals surface area contributed by atoms with Gasteiger partial charge in [-0.3, -0.25) is 14.5 Å². The number of nitrogens with two attached hydrogens (primary N) is 1. The first-order valence-electron chi connectivity index (χ1n) is 7.16. The SMILES string of the molecule is C=CC1=C(C(=O)O)N2C(=O)C(NC(=O)/C(=N\O)c3csc(N)n3)C2SC1. The first-order valence-corrected chi connectivity index (χ1v) is 9.09. The fourth-order valence-corrected chi connectivity index (χ4v) is 4.51. The summed E-state index contributed by atoms with van der Waals surface area (Å²) in [5, 5.41) is 24.9. The number of carboxylic acid groups (broad SMARTS) is 1. The summed E-state index contributed by atoms with van der Waals surface area (Å²) in [6, 6.07) is -0.944. The molecule has 1 saturated heterocycles. The van der Waals surface area contributed by atoms with Gasteiger partial charge in [0.05, 0.1) is 0 Å². The minimum Gasteiger partial charge on any atom is -0.477 e. The Bertz CT molecular complexity index is 877. The van der Waals surface area contributed by atoms with E-state index in [4.69, 9.17) is 10.9 Å². The lowest BCUT2D eigenvalue weighted by Gasteiger charge is -2.49. The average molecular weight is 395 g/mol. The molecule has 3 heterocycles. The molecule has 0 aromatic carbocycles. The summed E-state index contributed by atoms with van der Waals surface area (Å²) < 4.78 is 0. The first kappa shape index (κ1) is 17.9. The Labute approximate surface area is 155 Å². The summed E-state index contributed by atoms with van der Waals surface area (Å²) in [6.45, 7) is 3.56. The molecular formula is C14H13N5O5S2. The lowest BCUT2D eigenvalue weighted by molar-refractivity contribution is -0.150. The van der Waals surface area contributed by atoms with Gasteiger partial charge >= 0.3 is 5.97 Å². The maximum absolute atomic E-state index is 12.4. The maximum Gasteiger partial charge on any atom is 0.352 e. The monoisotopic (exact) mass is 395 g/mol. The number of amides is 2. The van der Waals surface area contributed by atoms with Gasteiger partial charge in [0.2, 0.25) is 0 Å². The molecule has 12 heteroatoms. The van der Waals surface area contributed by atoms with Crippen molar-refractivity contribution in [2.75, 3.05) is 11.5 Å². The normalized spacial score (nSPS) is 22.5. The Morgan fingerprint density at radius 2 is 2.27 bits per heavy atom. The molecule has 0 bridgehead atoms. The number of carbonyl (C=O) groups is 3. The van der Waals surface area contributed by atoms with Crippen molar-refractivity contribution in [3.63, 3.8) is 0 Å². The predicted molar refractivity (Wildman–Crippen MR) is 94.7 cm³/mol. The zero-order valence-corrected chi connectivity index (χ0v) is 14.7. The first-order chi connectivity index (χ1) is 12.4. The molecule has 2 aliphatic heterocycles. The number of hydrogen-bond donors (Lipinski definition) is 4. The molecule has 136 valence electrons. The van der Waals surface area contributed by atoms with Crippen LogP contribution in [0.5, 0.6) is 0 Å². The fourth-order valence-electron chi connectivity index (χ4n) is 2.62. The molecule has 0 spiro atoms. The predicted octanol–water partition coefficient (Wildman–Crippen LogP) is -0.172. The fraction of sp³-hybridized carbons (Fsp3) is 0.214. The molecule has 2 amide bonds. The van der Waals surface area contributed by atoms with Gasteiger partial charge in [0.25, 0.3) is 11.8 Å². The van der Waals surface area contributed by atoms with Crippen molar-refractivity contribution < 1.29 is 24.7 Å². The zero-order chi connectivity index (χ0) is 19.0. The highest BCUT2D eigenvalue weighted by molar-refractivity contribution is 8.00. The minimum atomic E-state index is -1.24.